The maximum Gasteiger partial charge on any atom is 0.312 e. The summed E-state index contributed by atoms with van der Waals surface area (Å²) in [4.78, 5) is 26.1. The number of fused-ring (bicyclic) bond motifs is 5. The lowest BCUT2D eigenvalue weighted by molar-refractivity contribution is -0.199. The van der Waals surface area contributed by atoms with Gasteiger partial charge in [0.15, 0.2) is 0 Å². The first-order chi connectivity index (χ1) is 12.3. The van der Waals surface area contributed by atoms with Crippen LogP contribution in [0.15, 0.2) is 11.6 Å². The smallest absolute Gasteiger partial charge is 0.312 e. The number of ketones is 1. The van der Waals surface area contributed by atoms with Gasteiger partial charge in [-0.2, -0.15) is 0 Å². The highest BCUT2D eigenvalue weighted by atomic mass is 16.5. The number of ether oxygens (including phenoxy) is 1. The third kappa shape index (κ3) is 2.06. The van der Waals surface area contributed by atoms with E-state index >= 15 is 0 Å². The van der Waals surface area contributed by atoms with Crippen LogP contribution < -0.4 is 0 Å². The summed E-state index contributed by atoms with van der Waals surface area (Å²) in [5, 5.41) is 0. The lowest BCUT2D eigenvalue weighted by Gasteiger charge is -2.63. The molecule has 4 saturated carbocycles. The average Bonchev–Trinajstić information content (AvgIpc) is 2.97. The van der Waals surface area contributed by atoms with Crippen molar-refractivity contribution in [2.45, 2.75) is 78.6 Å². The largest absolute Gasteiger partial charge is 0.469 e. The van der Waals surface area contributed by atoms with Crippen LogP contribution in [0.3, 0.4) is 0 Å². The monoisotopic (exact) mass is 358 g/mol. The van der Waals surface area contributed by atoms with Crippen molar-refractivity contribution in [3.63, 3.8) is 0 Å². The molecule has 0 aromatic rings. The van der Waals surface area contributed by atoms with Crippen molar-refractivity contribution in [1.82, 2.24) is 0 Å². The van der Waals surface area contributed by atoms with Crippen molar-refractivity contribution in [2.75, 3.05) is 7.11 Å². The van der Waals surface area contributed by atoms with Gasteiger partial charge in [0.25, 0.3) is 0 Å². The van der Waals surface area contributed by atoms with E-state index in [1.54, 1.807) is 7.11 Å². The second kappa shape index (κ2) is 5.94. The number of hydrogen-bond acceptors (Lipinski definition) is 3. The van der Waals surface area contributed by atoms with E-state index in [1.807, 2.05) is 0 Å². The Bertz CT molecular complexity index is 664. The highest BCUT2D eigenvalue weighted by molar-refractivity contribution is 5.84. The average molecular weight is 359 g/mol. The van der Waals surface area contributed by atoms with Crippen LogP contribution in [0.2, 0.25) is 0 Å². The Morgan fingerprint density at radius 1 is 1.08 bits per heavy atom. The minimum atomic E-state index is -0.393. The molecule has 4 rings (SSSR count). The van der Waals surface area contributed by atoms with Gasteiger partial charge in [0.2, 0.25) is 0 Å². The van der Waals surface area contributed by atoms with Gasteiger partial charge in [-0.1, -0.05) is 25.5 Å². The standard InChI is InChI=1S/C23H34O3/c1-5-15-8-9-18-21(15,2)13-11-19-22(3)12-6-7-17(24)16(22)10-14-23(18,19)20(25)26-4/h5,16,18-19H,6-14H2,1-4H3/b15-5+. The van der Waals surface area contributed by atoms with E-state index in [0.29, 0.717) is 17.6 Å². The number of allylic oxidation sites excluding steroid dienone is 2. The SMILES string of the molecule is C/C=C1\CCC2C1(C)CCC1C3(C)CCCC(=O)C3CCC21C(=O)OC. The van der Waals surface area contributed by atoms with Crippen LogP contribution in [-0.2, 0) is 14.3 Å². The van der Waals surface area contributed by atoms with Gasteiger partial charge in [-0.05, 0) is 81.0 Å². The Balaban J connectivity index is 1.84. The molecule has 0 N–H and O–H groups in total. The third-order valence-corrected chi connectivity index (χ3v) is 9.28. The van der Waals surface area contributed by atoms with Crippen LogP contribution in [0.1, 0.15) is 78.6 Å². The summed E-state index contributed by atoms with van der Waals surface area (Å²) in [6, 6.07) is 0. The zero-order chi connectivity index (χ0) is 18.7. The zero-order valence-electron chi connectivity index (χ0n) is 16.9. The molecule has 0 aromatic carbocycles. The van der Waals surface area contributed by atoms with E-state index < -0.39 is 5.41 Å². The third-order valence-electron chi connectivity index (χ3n) is 9.28. The number of hydrogen-bond donors (Lipinski definition) is 0. The van der Waals surface area contributed by atoms with Crippen molar-refractivity contribution in [1.29, 1.82) is 0 Å². The molecule has 0 aromatic heterocycles. The van der Waals surface area contributed by atoms with E-state index in [2.05, 4.69) is 26.8 Å². The van der Waals surface area contributed by atoms with E-state index in [-0.39, 0.29) is 22.7 Å². The van der Waals surface area contributed by atoms with Crippen LogP contribution in [0.4, 0.5) is 0 Å². The summed E-state index contributed by atoms with van der Waals surface area (Å²) in [5.74, 6) is 1.27. The highest BCUT2D eigenvalue weighted by Crippen LogP contribution is 2.72. The number of carbonyl (C=O) groups excluding carboxylic acids is 2. The molecule has 4 aliphatic rings. The molecule has 0 spiro atoms. The molecular formula is C23H34O3. The van der Waals surface area contributed by atoms with Gasteiger partial charge in [0.05, 0.1) is 12.5 Å². The van der Waals surface area contributed by atoms with Gasteiger partial charge in [-0.3, -0.25) is 9.59 Å². The van der Waals surface area contributed by atoms with Gasteiger partial charge in [0.1, 0.15) is 5.78 Å². The van der Waals surface area contributed by atoms with Crippen LogP contribution in [-0.4, -0.2) is 18.9 Å². The summed E-state index contributed by atoms with van der Waals surface area (Å²) in [6.07, 6.45) is 11.2. The zero-order valence-corrected chi connectivity index (χ0v) is 16.9. The Labute approximate surface area is 157 Å². The van der Waals surface area contributed by atoms with Crippen molar-refractivity contribution in [2.24, 2.45) is 34.0 Å². The van der Waals surface area contributed by atoms with Gasteiger partial charge in [-0.25, -0.2) is 0 Å². The first kappa shape index (κ1) is 18.3. The van der Waals surface area contributed by atoms with Gasteiger partial charge in [-0.15, -0.1) is 0 Å². The highest BCUT2D eigenvalue weighted by Gasteiger charge is 2.69. The predicted octanol–water partition coefficient (Wildman–Crippen LogP) is 5.09. The Morgan fingerprint density at radius 2 is 1.85 bits per heavy atom. The van der Waals surface area contributed by atoms with Crippen LogP contribution in [0.25, 0.3) is 0 Å². The van der Waals surface area contributed by atoms with Crippen molar-refractivity contribution in [3.8, 4) is 0 Å². The van der Waals surface area contributed by atoms with Crippen LogP contribution in [0, 0.1) is 34.0 Å². The molecule has 3 nitrogen and oxygen atoms in total. The Hall–Kier alpha value is -1.12. The maximum atomic E-state index is 13.4. The molecule has 6 atom stereocenters. The van der Waals surface area contributed by atoms with E-state index in [9.17, 15) is 9.59 Å². The summed E-state index contributed by atoms with van der Waals surface area (Å²) < 4.78 is 5.48. The molecule has 144 valence electrons. The number of Topliss-reactive ketones (excluding diaryl/α,β-unsaturated/α-hetero) is 1. The van der Waals surface area contributed by atoms with Gasteiger partial charge < -0.3 is 4.74 Å². The molecule has 26 heavy (non-hydrogen) atoms. The lowest BCUT2D eigenvalue weighted by Crippen LogP contribution is -2.63. The minimum Gasteiger partial charge on any atom is -0.469 e. The van der Waals surface area contributed by atoms with Crippen LogP contribution >= 0.6 is 0 Å². The molecule has 0 radical (unpaired) electrons. The normalized spacial score (nSPS) is 49.3. The second-order valence-corrected chi connectivity index (χ2v) is 9.86. The molecule has 0 saturated heterocycles. The predicted molar refractivity (Wildman–Crippen MR) is 101 cm³/mol. The van der Waals surface area contributed by atoms with Crippen molar-refractivity contribution >= 4 is 11.8 Å². The molecule has 0 amide bonds. The minimum absolute atomic E-state index is 0.00785. The molecule has 0 aliphatic heterocycles. The fourth-order valence-electron chi connectivity index (χ4n) is 8.20. The molecule has 3 heteroatoms. The number of methoxy groups -OCH3 is 1. The molecule has 4 aliphatic carbocycles. The molecule has 4 fully saturated rings. The maximum absolute atomic E-state index is 13.4. The number of esters is 1. The van der Waals surface area contributed by atoms with Gasteiger partial charge in [0, 0.05) is 12.3 Å². The lowest BCUT2D eigenvalue weighted by atomic mass is 9.39. The summed E-state index contributed by atoms with van der Waals surface area (Å²) in [6.45, 7) is 6.86. The Kier molecular flexibility index (Phi) is 4.17. The Morgan fingerprint density at radius 3 is 2.54 bits per heavy atom. The molecule has 0 bridgehead atoms. The van der Waals surface area contributed by atoms with E-state index in [0.717, 1.165) is 57.8 Å². The summed E-state index contributed by atoms with van der Waals surface area (Å²) in [5.41, 5.74) is 1.24. The van der Waals surface area contributed by atoms with Crippen molar-refractivity contribution < 1.29 is 14.3 Å². The fourth-order valence-corrected chi connectivity index (χ4v) is 8.20. The number of rotatable bonds is 1. The summed E-state index contributed by atoms with van der Waals surface area (Å²) in [7, 11) is 1.56. The first-order valence-electron chi connectivity index (χ1n) is 10.6. The molecule has 0 heterocycles. The first-order valence-corrected chi connectivity index (χ1v) is 10.6. The topological polar surface area (TPSA) is 43.4 Å². The van der Waals surface area contributed by atoms with E-state index in [4.69, 9.17) is 4.74 Å². The molecular weight excluding hydrogens is 324 g/mol. The van der Waals surface area contributed by atoms with E-state index in [1.165, 1.54) is 5.57 Å². The molecule has 6 unspecified atom stereocenters. The quantitative estimate of drug-likeness (QED) is 0.484. The summed E-state index contributed by atoms with van der Waals surface area (Å²) >= 11 is 0. The second-order valence-electron chi connectivity index (χ2n) is 9.86. The van der Waals surface area contributed by atoms with Crippen LogP contribution in [0.5, 0.6) is 0 Å². The van der Waals surface area contributed by atoms with Crippen molar-refractivity contribution in [3.05, 3.63) is 11.6 Å². The number of carbonyl (C=O) groups is 2. The fraction of sp³-hybridized carbons (Fsp3) is 0.826. The van der Waals surface area contributed by atoms with Gasteiger partial charge >= 0.3 is 5.97 Å².